The lowest BCUT2D eigenvalue weighted by Gasteiger charge is -2.11. The van der Waals surface area contributed by atoms with Gasteiger partial charge in [0.05, 0.1) is 11.3 Å². The van der Waals surface area contributed by atoms with Crippen molar-refractivity contribution in [3.63, 3.8) is 0 Å². The van der Waals surface area contributed by atoms with E-state index in [1.807, 2.05) is 0 Å². The Morgan fingerprint density at radius 2 is 1.86 bits per heavy atom. The lowest BCUT2D eigenvalue weighted by molar-refractivity contribution is 0.100. The molecule has 0 heterocycles. The summed E-state index contributed by atoms with van der Waals surface area (Å²) in [6.07, 6.45) is 0. The van der Waals surface area contributed by atoms with Crippen molar-refractivity contribution in [3.05, 3.63) is 58.3 Å². The molecular formula is C13H10BrFN2O3S. The smallest absolute Gasteiger partial charge is 0.264 e. The van der Waals surface area contributed by atoms with Gasteiger partial charge in [0.1, 0.15) is 10.7 Å². The second kappa shape index (κ2) is 5.82. The van der Waals surface area contributed by atoms with Gasteiger partial charge in [0, 0.05) is 4.47 Å². The highest BCUT2D eigenvalue weighted by Crippen LogP contribution is 2.23. The summed E-state index contributed by atoms with van der Waals surface area (Å²) in [5.41, 5.74) is 5.16. The molecule has 0 aliphatic carbocycles. The van der Waals surface area contributed by atoms with Crippen molar-refractivity contribution in [2.24, 2.45) is 5.73 Å². The van der Waals surface area contributed by atoms with Crippen LogP contribution in [0.1, 0.15) is 10.4 Å². The fourth-order valence-corrected chi connectivity index (χ4v) is 3.15. The predicted octanol–water partition coefficient (Wildman–Crippen LogP) is 2.49. The number of rotatable bonds is 4. The minimum Gasteiger partial charge on any atom is -0.366 e. The zero-order valence-electron chi connectivity index (χ0n) is 10.5. The molecule has 0 aliphatic heterocycles. The number of anilines is 1. The Morgan fingerprint density at radius 3 is 2.48 bits per heavy atom. The summed E-state index contributed by atoms with van der Waals surface area (Å²) >= 11 is 3.04. The quantitative estimate of drug-likeness (QED) is 0.863. The first kappa shape index (κ1) is 15.5. The number of halogens is 2. The van der Waals surface area contributed by atoms with Crippen LogP contribution in [-0.4, -0.2) is 14.3 Å². The summed E-state index contributed by atoms with van der Waals surface area (Å²) in [5, 5.41) is 0. The third-order valence-corrected chi connectivity index (χ3v) is 4.51. The van der Waals surface area contributed by atoms with E-state index in [0.29, 0.717) is 4.47 Å². The Labute approximate surface area is 129 Å². The minimum atomic E-state index is -4.17. The van der Waals surface area contributed by atoms with Crippen LogP contribution in [0.2, 0.25) is 0 Å². The standard InChI is InChI=1S/C13H10BrFN2O3S/c14-8-5-6-12(10(15)7-8)21(19,20)17-11-4-2-1-3-9(11)13(16)18/h1-7,17H,(H2,16,18). The highest BCUT2D eigenvalue weighted by Gasteiger charge is 2.21. The Balaban J connectivity index is 2.45. The van der Waals surface area contributed by atoms with E-state index in [2.05, 4.69) is 20.7 Å². The number of primary amides is 1. The molecule has 5 nitrogen and oxygen atoms in total. The third kappa shape index (κ3) is 3.40. The second-order valence-corrected chi connectivity index (χ2v) is 6.66. The number of nitrogens with one attached hydrogen (secondary N) is 1. The average molecular weight is 373 g/mol. The molecule has 0 bridgehead atoms. The molecule has 2 aromatic rings. The highest BCUT2D eigenvalue weighted by molar-refractivity contribution is 9.10. The normalized spacial score (nSPS) is 11.1. The van der Waals surface area contributed by atoms with Crippen molar-refractivity contribution in [1.82, 2.24) is 0 Å². The highest BCUT2D eigenvalue weighted by atomic mass is 79.9. The van der Waals surface area contributed by atoms with Gasteiger partial charge in [-0.2, -0.15) is 0 Å². The van der Waals surface area contributed by atoms with E-state index in [4.69, 9.17) is 5.73 Å². The Morgan fingerprint density at radius 1 is 1.19 bits per heavy atom. The first-order valence-electron chi connectivity index (χ1n) is 5.68. The van der Waals surface area contributed by atoms with Crippen molar-refractivity contribution in [2.75, 3.05) is 4.72 Å². The van der Waals surface area contributed by atoms with Gasteiger partial charge in [-0.15, -0.1) is 0 Å². The van der Waals surface area contributed by atoms with Crippen molar-refractivity contribution in [2.45, 2.75) is 4.90 Å². The van der Waals surface area contributed by atoms with Crippen LogP contribution in [0.4, 0.5) is 10.1 Å². The minimum absolute atomic E-state index is 0.00130. The molecule has 21 heavy (non-hydrogen) atoms. The fraction of sp³-hybridized carbons (Fsp3) is 0. The Hall–Kier alpha value is -1.93. The molecule has 0 fully saturated rings. The maximum Gasteiger partial charge on any atom is 0.264 e. The van der Waals surface area contributed by atoms with Gasteiger partial charge in [-0.05, 0) is 30.3 Å². The van der Waals surface area contributed by atoms with Crippen molar-refractivity contribution in [1.29, 1.82) is 0 Å². The summed E-state index contributed by atoms with van der Waals surface area (Å²) in [5.74, 6) is -1.70. The summed E-state index contributed by atoms with van der Waals surface area (Å²) in [4.78, 5) is 10.7. The zero-order valence-corrected chi connectivity index (χ0v) is 12.9. The number of hydrogen-bond donors (Lipinski definition) is 2. The SMILES string of the molecule is NC(=O)c1ccccc1NS(=O)(=O)c1ccc(Br)cc1F. The lowest BCUT2D eigenvalue weighted by atomic mass is 10.2. The molecule has 0 unspecified atom stereocenters. The topological polar surface area (TPSA) is 89.3 Å². The molecule has 0 saturated carbocycles. The van der Waals surface area contributed by atoms with Crippen LogP contribution in [-0.2, 0) is 10.0 Å². The summed E-state index contributed by atoms with van der Waals surface area (Å²) in [7, 11) is -4.17. The molecule has 2 aromatic carbocycles. The average Bonchev–Trinajstić information content (AvgIpc) is 2.37. The lowest BCUT2D eigenvalue weighted by Crippen LogP contribution is -2.19. The van der Waals surface area contributed by atoms with E-state index in [1.165, 1.54) is 30.3 Å². The van der Waals surface area contributed by atoms with E-state index in [9.17, 15) is 17.6 Å². The molecule has 110 valence electrons. The van der Waals surface area contributed by atoms with Crippen LogP contribution in [0.5, 0.6) is 0 Å². The molecule has 0 atom stereocenters. The third-order valence-electron chi connectivity index (χ3n) is 2.62. The van der Waals surface area contributed by atoms with Gasteiger partial charge in [0.25, 0.3) is 15.9 Å². The van der Waals surface area contributed by atoms with E-state index >= 15 is 0 Å². The van der Waals surface area contributed by atoms with Crippen molar-refractivity contribution in [3.8, 4) is 0 Å². The van der Waals surface area contributed by atoms with Crippen LogP contribution < -0.4 is 10.5 Å². The molecule has 1 amide bonds. The number of benzene rings is 2. The van der Waals surface area contributed by atoms with Gasteiger partial charge < -0.3 is 5.73 Å². The molecule has 0 spiro atoms. The van der Waals surface area contributed by atoms with Crippen LogP contribution in [0.15, 0.2) is 51.8 Å². The number of carbonyl (C=O) groups excluding carboxylic acids is 1. The van der Waals surface area contributed by atoms with Crippen LogP contribution in [0.25, 0.3) is 0 Å². The van der Waals surface area contributed by atoms with E-state index in [0.717, 1.165) is 12.1 Å². The van der Waals surface area contributed by atoms with Gasteiger partial charge in [0.15, 0.2) is 0 Å². The maximum atomic E-state index is 13.8. The predicted molar refractivity (Wildman–Crippen MR) is 79.9 cm³/mol. The van der Waals surface area contributed by atoms with Crippen LogP contribution in [0.3, 0.4) is 0 Å². The number of amides is 1. The van der Waals surface area contributed by atoms with Crippen LogP contribution in [0, 0.1) is 5.82 Å². The van der Waals surface area contributed by atoms with Gasteiger partial charge >= 0.3 is 0 Å². The monoisotopic (exact) mass is 372 g/mol. The summed E-state index contributed by atoms with van der Waals surface area (Å²) in [6, 6.07) is 9.37. The van der Waals surface area contributed by atoms with E-state index in [1.54, 1.807) is 0 Å². The molecule has 3 N–H and O–H groups in total. The molecule has 0 aromatic heterocycles. The number of hydrogen-bond acceptors (Lipinski definition) is 3. The van der Waals surface area contributed by atoms with Crippen molar-refractivity contribution >= 4 is 37.5 Å². The second-order valence-electron chi connectivity index (χ2n) is 4.09. The molecular weight excluding hydrogens is 363 g/mol. The largest absolute Gasteiger partial charge is 0.366 e. The Bertz CT molecular complexity index is 809. The first-order chi connectivity index (χ1) is 9.81. The number of sulfonamides is 1. The number of para-hydroxylation sites is 1. The molecule has 0 saturated heterocycles. The number of carbonyl (C=O) groups is 1. The molecule has 0 aliphatic rings. The first-order valence-corrected chi connectivity index (χ1v) is 7.95. The Kier molecular flexibility index (Phi) is 4.29. The fourth-order valence-electron chi connectivity index (χ4n) is 1.68. The zero-order chi connectivity index (χ0) is 15.6. The molecule has 0 radical (unpaired) electrons. The van der Waals surface area contributed by atoms with Gasteiger partial charge in [-0.25, -0.2) is 12.8 Å². The maximum absolute atomic E-state index is 13.8. The van der Waals surface area contributed by atoms with Crippen molar-refractivity contribution < 1.29 is 17.6 Å². The summed E-state index contributed by atoms with van der Waals surface area (Å²) < 4.78 is 40.7. The van der Waals surface area contributed by atoms with Gasteiger partial charge in [-0.3, -0.25) is 9.52 Å². The van der Waals surface area contributed by atoms with Gasteiger partial charge in [-0.1, -0.05) is 28.1 Å². The van der Waals surface area contributed by atoms with Crippen LogP contribution >= 0.6 is 15.9 Å². The van der Waals surface area contributed by atoms with E-state index in [-0.39, 0.29) is 11.3 Å². The molecule has 2 rings (SSSR count). The molecule has 8 heteroatoms. The number of nitrogens with two attached hydrogens (primary N) is 1. The summed E-state index contributed by atoms with van der Waals surface area (Å²) in [6.45, 7) is 0. The van der Waals surface area contributed by atoms with Gasteiger partial charge in [0.2, 0.25) is 0 Å². The van der Waals surface area contributed by atoms with E-state index < -0.39 is 26.6 Å².